The van der Waals surface area contributed by atoms with Crippen molar-refractivity contribution in [2.75, 3.05) is 13.7 Å². The molecule has 0 aromatic rings. The first-order valence-electron chi connectivity index (χ1n) is 5.98. The lowest BCUT2D eigenvalue weighted by atomic mass is 9.87. The van der Waals surface area contributed by atoms with Crippen molar-refractivity contribution < 1.29 is 19.4 Å². The summed E-state index contributed by atoms with van der Waals surface area (Å²) in [5.74, 6) is -1.49. The second-order valence-corrected chi connectivity index (χ2v) is 5.38. The third-order valence-corrected chi connectivity index (χ3v) is 2.67. The molecular weight excluding hydrogens is 236 g/mol. The van der Waals surface area contributed by atoms with Crippen LogP contribution in [0.1, 0.15) is 33.6 Å². The summed E-state index contributed by atoms with van der Waals surface area (Å²) in [6.45, 7) is 5.96. The molecule has 0 aliphatic carbocycles. The Hall–Kier alpha value is -1.14. The van der Waals surface area contributed by atoms with Gasteiger partial charge in [0.05, 0.1) is 6.04 Å². The zero-order valence-electron chi connectivity index (χ0n) is 11.5. The van der Waals surface area contributed by atoms with Gasteiger partial charge in [0.25, 0.3) is 0 Å². The molecule has 106 valence electrons. The van der Waals surface area contributed by atoms with Crippen LogP contribution in [0.5, 0.6) is 0 Å². The number of carbonyl (C=O) groups is 2. The Balaban J connectivity index is 4.41. The van der Waals surface area contributed by atoms with Gasteiger partial charge in [-0.1, -0.05) is 20.8 Å². The zero-order valence-corrected chi connectivity index (χ0v) is 11.5. The molecule has 0 heterocycles. The third kappa shape index (κ3) is 5.97. The normalized spacial score (nSPS) is 14.9. The summed E-state index contributed by atoms with van der Waals surface area (Å²) in [4.78, 5) is 22.8. The standard InChI is InChI=1S/C12H24N2O4/c1-12(2,3)9(13)10(15)14-8(11(16)17)6-5-7-18-4/h8-9H,5-7,13H2,1-4H3,(H,14,15)(H,16,17)/t8?,9-/m1/s1. The van der Waals surface area contributed by atoms with Crippen molar-refractivity contribution in [1.29, 1.82) is 0 Å². The predicted octanol–water partition coefficient (Wildman–Crippen LogP) is 0.356. The molecule has 0 aromatic carbocycles. The van der Waals surface area contributed by atoms with Crippen LogP contribution in [0.3, 0.4) is 0 Å². The lowest BCUT2D eigenvalue weighted by molar-refractivity contribution is -0.142. The smallest absolute Gasteiger partial charge is 0.326 e. The lowest BCUT2D eigenvalue weighted by Gasteiger charge is -2.27. The zero-order chi connectivity index (χ0) is 14.3. The summed E-state index contributed by atoms with van der Waals surface area (Å²) < 4.78 is 4.85. The van der Waals surface area contributed by atoms with Crippen molar-refractivity contribution in [3.05, 3.63) is 0 Å². The van der Waals surface area contributed by atoms with E-state index in [0.717, 1.165) is 0 Å². The van der Waals surface area contributed by atoms with Gasteiger partial charge in [0, 0.05) is 13.7 Å². The Bertz CT molecular complexity index is 286. The number of hydrogen-bond acceptors (Lipinski definition) is 4. The molecule has 1 unspecified atom stereocenters. The van der Waals surface area contributed by atoms with E-state index in [4.69, 9.17) is 15.6 Å². The van der Waals surface area contributed by atoms with Gasteiger partial charge < -0.3 is 20.9 Å². The molecule has 0 fully saturated rings. The van der Waals surface area contributed by atoms with Gasteiger partial charge in [-0.25, -0.2) is 4.79 Å². The first-order valence-corrected chi connectivity index (χ1v) is 5.98. The first-order chi connectivity index (χ1) is 8.20. The summed E-state index contributed by atoms with van der Waals surface area (Å²) in [6.07, 6.45) is 0.893. The number of carboxylic acids is 1. The highest BCUT2D eigenvalue weighted by Gasteiger charge is 2.30. The Kier molecular flexibility index (Phi) is 6.86. The van der Waals surface area contributed by atoms with Crippen LogP contribution in [0.2, 0.25) is 0 Å². The highest BCUT2D eigenvalue weighted by molar-refractivity contribution is 5.87. The van der Waals surface area contributed by atoms with E-state index in [0.29, 0.717) is 19.4 Å². The van der Waals surface area contributed by atoms with Crippen molar-refractivity contribution in [1.82, 2.24) is 5.32 Å². The number of carbonyl (C=O) groups excluding carboxylic acids is 1. The summed E-state index contributed by atoms with van der Waals surface area (Å²) in [5.41, 5.74) is 5.36. The molecule has 0 saturated heterocycles. The van der Waals surface area contributed by atoms with Crippen LogP contribution in [0, 0.1) is 5.41 Å². The number of amides is 1. The highest BCUT2D eigenvalue weighted by Crippen LogP contribution is 2.17. The first kappa shape index (κ1) is 16.9. The number of nitrogens with one attached hydrogen (secondary N) is 1. The highest BCUT2D eigenvalue weighted by atomic mass is 16.5. The molecule has 0 aliphatic rings. The van der Waals surface area contributed by atoms with Crippen molar-refractivity contribution >= 4 is 11.9 Å². The molecule has 0 spiro atoms. The monoisotopic (exact) mass is 260 g/mol. The number of ether oxygens (including phenoxy) is 1. The topological polar surface area (TPSA) is 102 Å². The molecule has 0 saturated carbocycles. The van der Waals surface area contributed by atoms with Crippen molar-refractivity contribution in [3.8, 4) is 0 Å². The molecule has 0 aliphatic heterocycles. The molecule has 4 N–H and O–H groups in total. The second kappa shape index (κ2) is 7.33. The van der Waals surface area contributed by atoms with Gasteiger partial charge in [0.1, 0.15) is 6.04 Å². The van der Waals surface area contributed by atoms with Crippen molar-refractivity contribution in [2.24, 2.45) is 11.1 Å². The molecule has 0 rings (SSSR count). The summed E-state index contributed by atoms with van der Waals surface area (Å²) in [7, 11) is 1.55. The minimum absolute atomic E-state index is 0.325. The van der Waals surface area contributed by atoms with E-state index >= 15 is 0 Å². The Morgan fingerprint density at radius 1 is 1.39 bits per heavy atom. The molecule has 0 aromatic heterocycles. The van der Waals surface area contributed by atoms with Crippen LogP contribution < -0.4 is 11.1 Å². The lowest BCUT2D eigenvalue weighted by Crippen LogP contribution is -2.53. The minimum Gasteiger partial charge on any atom is -0.480 e. The average Bonchev–Trinajstić information content (AvgIpc) is 2.25. The Morgan fingerprint density at radius 2 is 1.94 bits per heavy atom. The van der Waals surface area contributed by atoms with Crippen LogP contribution in [-0.4, -0.2) is 42.8 Å². The van der Waals surface area contributed by atoms with Crippen LogP contribution in [0.25, 0.3) is 0 Å². The quantitative estimate of drug-likeness (QED) is 0.573. The van der Waals surface area contributed by atoms with Gasteiger partial charge in [0.2, 0.25) is 5.91 Å². The molecule has 6 nitrogen and oxygen atoms in total. The van der Waals surface area contributed by atoms with E-state index in [-0.39, 0.29) is 0 Å². The molecule has 0 bridgehead atoms. The van der Waals surface area contributed by atoms with Crippen LogP contribution in [-0.2, 0) is 14.3 Å². The number of carboxylic acid groups (broad SMARTS) is 1. The summed E-state index contributed by atoms with van der Waals surface area (Å²) >= 11 is 0. The Morgan fingerprint density at radius 3 is 2.33 bits per heavy atom. The van der Waals surface area contributed by atoms with Crippen molar-refractivity contribution in [3.63, 3.8) is 0 Å². The molecule has 6 heteroatoms. The van der Waals surface area contributed by atoms with E-state index < -0.39 is 29.4 Å². The van der Waals surface area contributed by atoms with Gasteiger partial charge in [-0.3, -0.25) is 4.79 Å². The largest absolute Gasteiger partial charge is 0.480 e. The number of hydrogen-bond donors (Lipinski definition) is 3. The van der Waals surface area contributed by atoms with E-state index in [1.54, 1.807) is 7.11 Å². The van der Waals surface area contributed by atoms with E-state index in [1.807, 2.05) is 20.8 Å². The molecule has 1 amide bonds. The third-order valence-electron chi connectivity index (χ3n) is 2.67. The van der Waals surface area contributed by atoms with Crippen LogP contribution >= 0.6 is 0 Å². The second-order valence-electron chi connectivity index (χ2n) is 5.38. The fourth-order valence-electron chi connectivity index (χ4n) is 1.34. The SMILES string of the molecule is COCCCC(NC(=O)[C@@H](N)C(C)(C)C)C(=O)O. The van der Waals surface area contributed by atoms with Crippen LogP contribution in [0.4, 0.5) is 0 Å². The molecular formula is C12H24N2O4. The van der Waals surface area contributed by atoms with Gasteiger partial charge >= 0.3 is 5.97 Å². The summed E-state index contributed by atoms with van der Waals surface area (Å²) in [5, 5.41) is 11.5. The Labute approximate surface area is 108 Å². The van der Waals surface area contributed by atoms with E-state index in [1.165, 1.54) is 0 Å². The minimum atomic E-state index is -1.06. The molecule has 18 heavy (non-hydrogen) atoms. The van der Waals surface area contributed by atoms with E-state index in [2.05, 4.69) is 5.32 Å². The maximum atomic E-state index is 11.8. The fourth-order valence-corrected chi connectivity index (χ4v) is 1.34. The van der Waals surface area contributed by atoms with Crippen molar-refractivity contribution in [2.45, 2.75) is 45.7 Å². The number of nitrogens with two attached hydrogens (primary N) is 1. The number of methoxy groups -OCH3 is 1. The number of aliphatic carboxylic acids is 1. The fraction of sp³-hybridized carbons (Fsp3) is 0.833. The van der Waals surface area contributed by atoms with Gasteiger partial charge in [-0.2, -0.15) is 0 Å². The predicted molar refractivity (Wildman–Crippen MR) is 68.1 cm³/mol. The van der Waals surface area contributed by atoms with Gasteiger partial charge in [0.15, 0.2) is 0 Å². The van der Waals surface area contributed by atoms with Crippen LogP contribution in [0.15, 0.2) is 0 Å². The number of rotatable bonds is 7. The van der Waals surface area contributed by atoms with E-state index in [9.17, 15) is 9.59 Å². The van der Waals surface area contributed by atoms with Gasteiger partial charge in [-0.15, -0.1) is 0 Å². The molecule has 0 radical (unpaired) electrons. The van der Waals surface area contributed by atoms with Gasteiger partial charge in [-0.05, 0) is 18.3 Å². The average molecular weight is 260 g/mol. The summed E-state index contributed by atoms with van der Waals surface area (Å²) in [6, 6.07) is -1.65. The molecule has 2 atom stereocenters. The maximum absolute atomic E-state index is 11.8. The maximum Gasteiger partial charge on any atom is 0.326 e.